The quantitative estimate of drug-likeness (QED) is 0.792. The van der Waals surface area contributed by atoms with Crippen LogP contribution >= 0.6 is 0 Å². The summed E-state index contributed by atoms with van der Waals surface area (Å²) in [5.41, 5.74) is 3.38. The Hall–Kier alpha value is -2.29. The second kappa shape index (κ2) is 6.24. The van der Waals surface area contributed by atoms with Crippen molar-refractivity contribution in [1.82, 2.24) is 0 Å². The Kier molecular flexibility index (Phi) is 4.41. The van der Waals surface area contributed by atoms with Crippen molar-refractivity contribution in [3.8, 4) is 16.9 Å². The highest BCUT2D eigenvalue weighted by Gasteiger charge is 2.19. The van der Waals surface area contributed by atoms with E-state index < -0.39 is 0 Å². The molecular weight excluding hydrogens is 252 g/mol. The standard InChI is InChI=1S/C17H18O3/c1-4-20-17(18)14-10-7-11-15(19-3)16(14)13-9-6-5-8-12(13)2/h5-11H,4H2,1-3H3. The summed E-state index contributed by atoms with van der Waals surface area (Å²) in [5, 5.41) is 0. The minimum Gasteiger partial charge on any atom is -0.496 e. The number of hydrogen-bond acceptors (Lipinski definition) is 3. The maximum atomic E-state index is 12.1. The van der Waals surface area contributed by atoms with Crippen LogP contribution < -0.4 is 4.74 Å². The Morgan fingerprint density at radius 2 is 1.85 bits per heavy atom. The van der Waals surface area contributed by atoms with Crippen molar-refractivity contribution in [1.29, 1.82) is 0 Å². The molecule has 2 aromatic carbocycles. The molecule has 0 radical (unpaired) electrons. The summed E-state index contributed by atoms with van der Waals surface area (Å²) in [6.07, 6.45) is 0. The van der Waals surface area contributed by atoms with Crippen molar-refractivity contribution < 1.29 is 14.3 Å². The van der Waals surface area contributed by atoms with Gasteiger partial charge in [-0.1, -0.05) is 30.3 Å². The van der Waals surface area contributed by atoms with E-state index in [0.717, 1.165) is 16.7 Å². The first-order valence-electron chi connectivity index (χ1n) is 6.59. The van der Waals surface area contributed by atoms with Gasteiger partial charge in [0.2, 0.25) is 0 Å². The van der Waals surface area contributed by atoms with Crippen molar-refractivity contribution in [2.75, 3.05) is 13.7 Å². The normalized spacial score (nSPS) is 10.2. The number of esters is 1. The van der Waals surface area contributed by atoms with E-state index in [9.17, 15) is 4.79 Å². The summed E-state index contributed by atoms with van der Waals surface area (Å²) in [4.78, 5) is 12.1. The summed E-state index contributed by atoms with van der Waals surface area (Å²) in [6.45, 7) is 4.16. The van der Waals surface area contributed by atoms with E-state index in [1.165, 1.54) is 0 Å². The first-order valence-corrected chi connectivity index (χ1v) is 6.59. The van der Waals surface area contributed by atoms with Gasteiger partial charge in [-0.25, -0.2) is 4.79 Å². The molecule has 0 bridgehead atoms. The molecule has 2 rings (SSSR count). The van der Waals surface area contributed by atoms with E-state index in [4.69, 9.17) is 9.47 Å². The van der Waals surface area contributed by atoms with Crippen LogP contribution in [0.3, 0.4) is 0 Å². The molecule has 3 heteroatoms. The average Bonchev–Trinajstić information content (AvgIpc) is 2.47. The van der Waals surface area contributed by atoms with Gasteiger partial charge in [0.15, 0.2) is 0 Å². The summed E-state index contributed by atoms with van der Waals surface area (Å²) >= 11 is 0. The summed E-state index contributed by atoms with van der Waals surface area (Å²) in [7, 11) is 1.60. The average molecular weight is 270 g/mol. The highest BCUT2D eigenvalue weighted by Crippen LogP contribution is 2.35. The van der Waals surface area contributed by atoms with Crippen molar-refractivity contribution in [2.45, 2.75) is 13.8 Å². The predicted molar refractivity (Wildman–Crippen MR) is 79.1 cm³/mol. The molecule has 2 aromatic rings. The number of hydrogen-bond donors (Lipinski definition) is 0. The van der Waals surface area contributed by atoms with Gasteiger partial charge in [0, 0.05) is 5.56 Å². The first kappa shape index (κ1) is 14.1. The highest BCUT2D eigenvalue weighted by atomic mass is 16.5. The molecule has 0 aliphatic carbocycles. The smallest absolute Gasteiger partial charge is 0.338 e. The Balaban J connectivity index is 2.66. The molecule has 20 heavy (non-hydrogen) atoms. The number of aryl methyl sites for hydroxylation is 1. The summed E-state index contributed by atoms with van der Waals surface area (Å²) in [5.74, 6) is 0.342. The molecule has 3 nitrogen and oxygen atoms in total. The minimum atomic E-state index is -0.329. The fourth-order valence-electron chi connectivity index (χ4n) is 2.21. The van der Waals surface area contributed by atoms with E-state index >= 15 is 0 Å². The van der Waals surface area contributed by atoms with E-state index in [-0.39, 0.29) is 5.97 Å². The van der Waals surface area contributed by atoms with Gasteiger partial charge < -0.3 is 9.47 Å². The van der Waals surface area contributed by atoms with Crippen LogP contribution in [0.5, 0.6) is 5.75 Å². The van der Waals surface area contributed by atoms with Gasteiger partial charge >= 0.3 is 5.97 Å². The van der Waals surface area contributed by atoms with E-state index in [1.807, 2.05) is 37.3 Å². The fraction of sp³-hybridized carbons (Fsp3) is 0.235. The van der Waals surface area contributed by atoms with Crippen molar-refractivity contribution in [2.24, 2.45) is 0 Å². The molecule has 0 heterocycles. The number of methoxy groups -OCH3 is 1. The van der Waals surface area contributed by atoms with Gasteiger partial charge in [-0.3, -0.25) is 0 Å². The molecule has 0 aliphatic rings. The third kappa shape index (κ3) is 2.67. The van der Waals surface area contributed by atoms with E-state index in [0.29, 0.717) is 17.9 Å². The maximum Gasteiger partial charge on any atom is 0.338 e. The van der Waals surface area contributed by atoms with Gasteiger partial charge in [-0.05, 0) is 37.1 Å². The molecule has 0 saturated heterocycles. The Morgan fingerprint density at radius 3 is 2.50 bits per heavy atom. The largest absolute Gasteiger partial charge is 0.496 e. The van der Waals surface area contributed by atoms with Crippen LogP contribution in [0.25, 0.3) is 11.1 Å². The molecule has 0 N–H and O–H groups in total. The van der Waals surface area contributed by atoms with Crippen LogP contribution in [0.2, 0.25) is 0 Å². The number of rotatable bonds is 4. The van der Waals surface area contributed by atoms with Gasteiger partial charge in [0.25, 0.3) is 0 Å². The van der Waals surface area contributed by atoms with Crippen molar-refractivity contribution in [3.05, 3.63) is 53.6 Å². The molecular formula is C17H18O3. The molecule has 0 unspecified atom stereocenters. The zero-order valence-corrected chi connectivity index (χ0v) is 12.0. The molecule has 0 spiro atoms. The molecule has 0 atom stereocenters. The SMILES string of the molecule is CCOC(=O)c1cccc(OC)c1-c1ccccc1C. The van der Waals surface area contributed by atoms with Gasteiger partial charge in [-0.15, -0.1) is 0 Å². The second-order valence-corrected chi connectivity index (χ2v) is 4.42. The summed E-state index contributed by atoms with van der Waals surface area (Å²) < 4.78 is 10.6. The fourth-order valence-corrected chi connectivity index (χ4v) is 2.21. The Morgan fingerprint density at radius 1 is 1.10 bits per heavy atom. The molecule has 0 aliphatic heterocycles. The van der Waals surface area contributed by atoms with Crippen LogP contribution in [-0.4, -0.2) is 19.7 Å². The van der Waals surface area contributed by atoms with Crippen LogP contribution in [0.1, 0.15) is 22.8 Å². The number of carbonyl (C=O) groups is 1. The lowest BCUT2D eigenvalue weighted by molar-refractivity contribution is 0.0527. The third-order valence-electron chi connectivity index (χ3n) is 3.16. The molecule has 0 saturated carbocycles. The van der Waals surface area contributed by atoms with Crippen molar-refractivity contribution in [3.63, 3.8) is 0 Å². The molecule has 0 fully saturated rings. The van der Waals surface area contributed by atoms with Crippen LogP contribution in [0.15, 0.2) is 42.5 Å². The molecule has 0 aromatic heterocycles. The van der Waals surface area contributed by atoms with Crippen molar-refractivity contribution >= 4 is 5.97 Å². The van der Waals surface area contributed by atoms with E-state index in [1.54, 1.807) is 26.2 Å². The molecule has 0 amide bonds. The van der Waals surface area contributed by atoms with Gasteiger partial charge in [0.1, 0.15) is 5.75 Å². The molecule has 104 valence electrons. The minimum absolute atomic E-state index is 0.329. The van der Waals surface area contributed by atoms with E-state index in [2.05, 4.69) is 0 Å². The number of ether oxygens (including phenoxy) is 2. The monoisotopic (exact) mass is 270 g/mol. The topological polar surface area (TPSA) is 35.5 Å². The highest BCUT2D eigenvalue weighted by molar-refractivity contribution is 5.99. The van der Waals surface area contributed by atoms with Crippen LogP contribution in [-0.2, 0) is 4.74 Å². The van der Waals surface area contributed by atoms with Crippen LogP contribution in [0.4, 0.5) is 0 Å². The zero-order chi connectivity index (χ0) is 14.5. The lowest BCUT2D eigenvalue weighted by Gasteiger charge is -2.15. The number of benzene rings is 2. The summed E-state index contributed by atoms with van der Waals surface area (Å²) in [6, 6.07) is 13.3. The zero-order valence-electron chi connectivity index (χ0n) is 12.0. The predicted octanol–water partition coefficient (Wildman–Crippen LogP) is 3.85. The lowest BCUT2D eigenvalue weighted by atomic mass is 9.95. The Bertz CT molecular complexity index is 617. The third-order valence-corrected chi connectivity index (χ3v) is 3.16. The maximum absolute atomic E-state index is 12.1. The second-order valence-electron chi connectivity index (χ2n) is 4.42. The first-order chi connectivity index (χ1) is 9.69. The Labute approximate surface area is 119 Å². The van der Waals surface area contributed by atoms with Gasteiger partial charge in [0.05, 0.1) is 19.3 Å². The van der Waals surface area contributed by atoms with Crippen LogP contribution in [0, 0.1) is 6.92 Å². The van der Waals surface area contributed by atoms with Gasteiger partial charge in [-0.2, -0.15) is 0 Å². The number of carbonyl (C=O) groups excluding carboxylic acids is 1. The lowest BCUT2D eigenvalue weighted by Crippen LogP contribution is -2.07.